The van der Waals surface area contributed by atoms with Crippen LogP contribution in [0.25, 0.3) is 21.7 Å². The molecule has 0 radical (unpaired) electrons. The molecule has 0 spiro atoms. The van der Waals surface area contributed by atoms with E-state index in [2.05, 4.69) is 15.3 Å². The van der Waals surface area contributed by atoms with Crippen LogP contribution in [0.15, 0.2) is 53.9 Å². The Morgan fingerprint density at radius 2 is 1.94 bits per heavy atom. The summed E-state index contributed by atoms with van der Waals surface area (Å²) in [6.45, 7) is 2.41. The molecule has 2 N–H and O–H groups in total. The molecule has 0 aliphatic heterocycles. The van der Waals surface area contributed by atoms with Crippen molar-refractivity contribution < 1.29 is 14.3 Å². The van der Waals surface area contributed by atoms with E-state index in [1.165, 1.54) is 0 Å². The first-order chi connectivity index (χ1) is 15.1. The number of rotatable bonds is 8. The van der Waals surface area contributed by atoms with Crippen LogP contribution in [-0.4, -0.2) is 35.3 Å². The normalized spacial score (nSPS) is 10.9. The summed E-state index contributed by atoms with van der Waals surface area (Å²) in [6, 6.07) is 14.9. The predicted molar refractivity (Wildman–Crippen MR) is 123 cm³/mol. The molecule has 0 saturated heterocycles. The van der Waals surface area contributed by atoms with Gasteiger partial charge in [-0.15, -0.1) is 11.3 Å². The molecule has 31 heavy (non-hydrogen) atoms. The second kappa shape index (κ2) is 9.14. The van der Waals surface area contributed by atoms with Crippen LogP contribution in [0, 0.1) is 6.92 Å². The third-order valence-electron chi connectivity index (χ3n) is 5.06. The number of methoxy groups -OCH3 is 1. The third kappa shape index (κ3) is 4.51. The Kier molecular flexibility index (Phi) is 6.13. The summed E-state index contributed by atoms with van der Waals surface area (Å²) < 4.78 is 5.44. The van der Waals surface area contributed by atoms with Gasteiger partial charge in [0.2, 0.25) is 0 Å². The minimum absolute atomic E-state index is 0.0125. The molecule has 0 aliphatic rings. The molecule has 0 atom stereocenters. The molecule has 2 heterocycles. The molecule has 158 valence electrons. The highest BCUT2D eigenvalue weighted by Gasteiger charge is 2.18. The summed E-state index contributed by atoms with van der Waals surface area (Å²) >= 11 is 1.58. The molecule has 1 amide bonds. The van der Waals surface area contributed by atoms with Crippen LogP contribution >= 0.6 is 11.3 Å². The highest BCUT2D eigenvalue weighted by molar-refractivity contribution is 7.13. The van der Waals surface area contributed by atoms with Gasteiger partial charge in [-0.3, -0.25) is 9.59 Å². The molecule has 0 fully saturated rings. The molecule has 4 rings (SSSR count). The van der Waals surface area contributed by atoms with Crippen molar-refractivity contribution >= 4 is 34.1 Å². The molecule has 0 bridgehead atoms. The number of aryl methyl sites for hydroxylation is 1. The lowest BCUT2D eigenvalue weighted by atomic mass is 10.0. The number of imidazole rings is 1. The molecule has 0 aliphatic carbocycles. The van der Waals surface area contributed by atoms with Crippen LogP contribution < -0.4 is 10.1 Å². The van der Waals surface area contributed by atoms with Crippen molar-refractivity contribution in [1.82, 2.24) is 15.3 Å². The highest BCUT2D eigenvalue weighted by Crippen LogP contribution is 2.32. The van der Waals surface area contributed by atoms with E-state index in [0.29, 0.717) is 53.1 Å². The van der Waals surface area contributed by atoms with E-state index < -0.39 is 0 Å². The molecule has 0 unspecified atom stereocenters. The Morgan fingerprint density at radius 1 is 1.13 bits per heavy atom. The van der Waals surface area contributed by atoms with Gasteiger partial charge in [-0.25, -0.2) is 4.98 Å². The smallest absolute Gasteiger partial charge is 0.251 e. The Morgan fingerprint density at radius 3 is 2.65 bits per heavy atom. The number of H-pyrrole nitrogens is 1. The zero-order chi connectivity index (χ0) is 21.8. The number of Topliss-reactive ketones (excluding diaryl/α,β-unsaturated/α-hetero) is 1. The lowest BCUT2D eigenvalue weighted by molar-refractivity contribution is 0.0938. The number of amides is 1. The van der Waals surface area contributed by atoms with Crippen molar-refractivity contribution in [1.29, 1.82) is 0 Å². The Labute approximate surface area is 184 Å². The van der Waals surface area contributed by atoms with Gasteiger partial charge in [0.1, 0.15) is 22.6 Å². The predicted octanol–water partition coefficient (Wildman–Crippen LogP) is 5.00. The van der Waals surface area contributed by atoms with E-state index in [0.717, 1.165) is 10.4 Å². The van der Waals surface area contributed by atoms with Crippen LogP contribution in [0.2, 0.25) is 0 Å². The van der Waals surface area contributed by atoms with Crippen molar-refractivity contribution in [2.45, 2.75) is 19.8 Å². The van der Waals surface area contributed by atoms with E-state index in [9.17, 15) is 9.59 Å². The van der Waals surface area contributed by atoms with Gasteiger partial charge in [0.15, 0.2) is 5.78 Å². The van der Waals surface area contributed by atoms with Crippen molar-refractivity contribution in [3.05, 3.63) is 70.6 Å². The standard InChI is InChI=1S/C24H23N3O3S/c1-15-7-9-16(10-8-15)24(29)25-13-3-5-18(28)17-11-12-19(30-2)22-21(17)26-23(27-22)20-6-4-14-31-20/h4,6-12,14H,3,5,13H2,1-2H3,(H,25,29)(H,26,27). The first kappa shape index (κ1) is 20.8. The molecule has 4 aromatic rings. The van der Waals surface area contributed by atoms with Gasteiger partial charge in [0.25, 0.3) is 5.91 Å². The average Bonchev–Trinajstić information content (AvgIpc) is 3.46. The van der Waals surface area contributed by atoms with Gasteiger partial charge in [0.05, 0.1) is 12.0 Å². The number of benzene rings is 2. The van der Waals surface area contributed by atoms with Crippen molar-refractivity contribution in [3.63, 3.8) is 0 Å². The molecule has 6 nitrogen and oxygen atoms in total. The topological polar surface area (TPSA) is 84.1 Å². The fraction of sp³-hybridized carbons (Fsp3) is 0.208. The largest absolute Gasteiger partial charge is 0.494 e. The molecule has 2 aromatic carbocycles. The van der Waals surface area contributed by atoms with Gasteiger partial charge >= 0.3 is 0 Å². The number of thiophene rings is 1. The molecule has 2 aromatic heterocycles. The number of aromatic amines is 1. The second-order valence-electron chi connectivity index (χ2n) is 7.25. The summed E-state index contributed by atoms with van der Waals surface area (Å²) in [5, 5.41) is 4.85. The van der Waals surface area contributed by atoms with Crippen molar-refractivity contribution in [3.8, 4) is 16.5 Å². The van der Waals surface area contributed by atoms with E-state index in [4.69, 9.17) is 4.74 Å². The summed E-state index contributed by atoms with van der Waals surface area (Å²) in [7, 11) is 1.60. The van der Waals surface area contributed by atoms with E-state index in [1.54, 1.807) is 42.7 Å². The van der Waals surface area contributed by atoms with Crippen molar-refractivity contribution in [2.24, 2.45) is 0 Å². The van der Waals surface area contributed by atoms with Crippen LogP contribution in [0.5, 0.6) is 5.75 Å². The average molecular weight is 434 g/mol. The van der Waals surface area contributed by atoms with Crippen molar-refractivity contribution in [2.75, 3.05) is 13.7 Å². The van der Waals surface area contributed by atoms with Gasteiger partial charge in [-0.1, -0.05) is 23.8 Å². The molecular weight excluding hydrogens is 410 g/mol. The maximum atomic E-state index is 12.9. The first-order valence-corrected chi connectivity index (χ1v) is 10.9. The SMILES string of the molecule is COc1ccc(C(=O)CCCNC(=O)c2ccc(C)cc2)c2nc(-c3cccs3)[nH]c12. The fourth-order valence-electron chi connectivity index (χ4n) is 3.39. The third-order valence-corrected chi connectivity index (χ3v) is 5.94. The number of nitrogens with one attached hydrogen (secondary N) is 2. The fourth-order valence-corrected chi connectivity index (χ4v) is 4.05. The number of ketones is 1. The van der Waals surface area contributed by atoms with Crippen LogP contribution in [0.1, 0.15) is 39.1 Å². The quantitative estimate of drug-likeness (QED) is 0.302. The van der Waals surface area contributed by atoms with E-state index >= 15 is 0 Å². The van der Waals surface area contributed by atoms with Gasteiger partial charge < -0.3 is 15.0 Å². The lowest BCUT2D eigenvalue weighted by Gasteiger charge is -2.07. The maximum Gasteiger partial charge on any atom is 0.251 e. The molecule has 7 heteroatoms. The molecular formula is C24H23N3O3S. The highest BCUT2D eigenvalue weighted by atomic mass is 32.1. The lowest BCUT2D eigenvalue weighted by Crippen LogP contribution is -2.24. The summed E-state index contributed by atoms with van der Waals surface area (Å²) in [5.74, 6) is 1.22. The Bertz CT molecular complexity index is 1210. The number of hydrogen-bond donors (Lipinski definition) is 2. The van der Waals surface area contributed by atoms with Gasteiger partial charge in [-0.05, 0) is 49.1 Å². The van der Waals surface area contributed by atoms with Crippen LogP contribution in [-0.2, 0) is 0 Å². The zero-order valence-electron chi connectivity index (χ0n) is 17.4. The number of carbonyl (C=O) groups is 2. The number of nitrogens with zero attached hydrogens (tertiary/aromatic N) is 1. The minimum Gasteiger partial charge on any atom is -0.494 e. The summed E-state index contributed by atoms with van der Waals surface area (Å²) in [4.78, 5) is 34.1. The van der Waals surface area contributed by atoms with Crippen LogP contribution in [0.3, 0.4) is 0 Å². The summed E-state index contributed by atoms with van der Waals surface area (Å²) in [5.41, 5.74) is 3.60. The van der Waals surface area contributed by atoms with E-state index in [1.807, 2.05) is 36.6 Å². The maximum absolute atomic E-state index is 12.9. The van der Waals surface area contributed by atoms with E-state index in [-0.39, 0.29) is 11.7 Å². The monoisotopic (exact) mass is 433 g/mol. The number of hydrogen-bond acceptors (Lipinski definition) is 5. The van der Waals surface area contributed by atoms with Gasteiger partial charge in [-0.2, -0.15) is 0 Å². The second-order valence-corrected chi connectivity index (χ2v) is 8.20. The number of fused-ring (bicyclic) bond motifs is 1. The zero-order valence-corrected chi connectivity index (χ0v) is 18.2. The summed E-state index contributed by atoms with van der Waals surface area (Å²) in [6.07, 6.45) is 0.864. The number of aromatic nitrogens is 2. The van der Waals surface area contributed by atoms with Gasteiger partial charge in [0, 0.05) is 24.1 Å². The Balaban J connectivity index is 1.44. The number of carbonyl (C=O) groups excluding carboxylic acids is 2. The molecule has 0 saturated carbocycles. The Hall–Kier alpha value is -3.45. The number of ether oxygens (including phenoxy) is 1. The minimum atomic E-state index is -0.132. The first-order valence-electron chi connectivity index (χ1n) is 10.1. The van der Waals surface area contributed by atoms with Crippen LogP contribution in [0.4, 0.5) is 0 Å².